The molecule has 0 spiro atoms. The molecule has 1 fully saturated rings. The van der Waals surface area contributed by atoms with Crippen LogP contribution in [0.25, 0.3) is 0 Å². The van der Waals surface area contributed by atoms with Crippen LogP contribution in [-0.4, -0.2) is 61.0 Å². The van der Waals surface area contributed by atoms with Gasteiger partial charge in [-0.25, -0.2) is 0 Å². The second-order valence-corrected chi connectivity index (χ2v) is 6.30. The third-order valence-corrected chi connectivity index (χ3v) is 4.28. The molecule has 1 atom stereocenters. The Morgan fingerprint density at radius 2 is 1.63 bits per heavy atom. The van der Waals surface area contributed by atoms with Gasteiger partial charge in [0.15, 0.2) is 0 Å². The number of piperazine rings is 1. The van der Waals surface area contributed by atoms with Crippen LogP contribution in [0.5, 0.6) is 0 Å². The Kier molecular flexibility index (Phi) is 6.80. The fraction of sp³-hybridized carbons (Fsp3) is 0.933. The minimum atomic E-state index is 0.109. The minimum Gasteiger partial charge on any atom is -0.355 e. The lowest BCUT2D eigenvalue weighted by Crippen LogP contribution is -2.50. The molecule has 4 nitrogen and oxygen atoms in total. The van der Waals surface area contributed by atoms with Gasteiger partial charge in [0, 0.05) is 51.2 Å². The molecule has 0 aromatic rings. The van der Waals surface area contributed by atoms with Gasteiger partial charge in [-0.2, -0.15) is 0 Å². The van der Waals surface area contributed by atoms with Crippen molar-refractivity contribution in [3.63, 3.8) is 0 Å². The van der Waals surface area contributed by atoms with Crippen LogP contribution < -0.4 is 5.32 Å². The molecule has 1 aliphatic rings. The van der Waals surface area contributed by atoms with Crippen LogP contribution in [0.1, 0.15) is 34.6 Å². The summed E-state index contributed by atoms with van der Waals surface area (Å²) >= 11 is 0. The van der Waals surface area contributed by atoms with Gasteiger partial charge in [-0.05, 0) is 19.8 Å². The zero-order valence-corrected chi connectivity index (χ0v) is 13.3. The van der Waals surface area contributed by atoms with Crippen molar-refractivity contribution in [3.05, 3.63) is 0 Å². The highest BCUT2D eigenvalue weighted by atomic mass is 16.1. The van der Waals surface area contributed by atoms with Crippen molar-refractivity contribution in [2.45, 2.75) is 40.7 Å². The summed E-state index contributed by atoms with van der Waals surface area (Å²) in [5, 5.41) is 3.05. The van der Waals surface area contributed by atoms with Gasteiger partial charge >= 0.3 is 0 Å². The Balaban J connectivity index is 2.16. The molecular weight excluding hydrogens is 238 g/mol. The summed E-state index contributed by atoms with van der Waals surface area (Å²) in [5.41, 5.74) is 0. The van der Waals surface area contributed by atoms with E-state index in [1.807, 2.05) is 6.92 Å². The van der Waals surface area contributed by atoms with Gasteiger partial charge in [0.1, 0.15) is 0 Å². The average molecular weight is 269 g/mol. The molecule has 0 aromatic heterocycles. The summed E-state index contributed by atoms with van der Waals surface area (Å²) < 4.78 is 0. The number of rotatable bonds is 6. The maximum atomic E-state index is 11.8. The topological polar surface area (TPSA) is 35.6 Å². The Labute approximate surface area is 118 Å². The number of nitrogens with one attached hydrogen (secondary N) is 1. The van der Waals surface area contributed by atoms with Gasteiger partial charge < -0.3 is 5.32 Å². The highest BCUT2D eigenvalue weighted by Crippen LogP contribution is 2.09. The van der Waals surface area contributed by atoms with Crippen LogP contribution in [0.4, 0.5) is 0 Å². The molecule has 0 bridgehead atoms. The average Bonchev–Trinajstić information content (AvgIpc) is 2.38. The predicted octanol–water partition coefficient (Wildman–Crippen LogP) is 1.42. The van der Waals surface area contributed by atoms with Crippen LogP contribution in [-0.2, 0) is 4.79 Å². The quantitative estimate of drug-likeness (QED) is 0.792. The fourth-order valence-corrected chi connectivity index (χ4v) is 2.30. The molecule has 0 saturated carbocycles. The number of carbonyl (C=O) groups is 1. The Morgan fingerprint density at radius 1 is 1.05 bits per heavy atom. The normalized spacial score (nSPS) is 19.9. The molecule has 0 radical (unpaired) electrons. The first-order valence-electron chi connectivity index (χ1n) is 7.66. The van der Waals surface area contributed by atoms with E-state index in [1.165, 1.54) is 0 Å². The van der Waals surface area contributed by atoms with E-state index in [9.17, 15) is 4.79 Å². The van der Waals surface area contributed by atoms with E-state index in [-0.39, 0.29) is 11.8 Å². The summed E-state index contributed by atoms with van der Waals surface area (Å²) in [7, 11) is 0. The molecule has 1 heterocycles. The third kappa shape index (κ3) is 5.49. The number of nitrogens with zero attached hydrogens (tertiary/aromatic N) is 2. The van der Waals surface area contributed by atoms with Gasteiger partial charge in [-0.15, -0.1) is 0 Å². The maximum absolute atomic E-state index is 11.8. The monoisotopic (exact) mass is 269 g/mol. The van der Waals surface area contributed by atoms with Gasteiger partial charge in [0.25, 0.3) is 0 Å². The lowest BCUT2D eigenvalue weighted by atomic mass is 9.97. The van der Waals surface area contributed by atoms with Crippen molar-refractivity contribution in [2.75, 3.05) is 39.3 Å². The largest absolute Gasteiger partial charge is 0.355 e. The van der Waals surface area contributed by atoms with E-state index in [0.29, 0.717) is 12.0 Å². The molecule has 19 heavy (non-hydrogen) atoms. The molecule has 1 rings (SSSR count). The molecule has 1 unspecified atom stereocenters. The van der Waals surface area contributed by atoms with E-state index < -0.39 is 0 Å². The lowest BCUT2D eigenvalue weighted by molar-refractivity contribution is -0.125. The molecule has 1 aliphatic heterocycles. The van der Waals surface area contributed by atoms with Crippen molar-refractivity contribution in [2.24, 2.45) is 11.8 Å². The SMILES string of the molecule is CC(C)C(C)C(=O)NCCN1CCN(C(C)C)CC1. The number of amides is 1. The Bertz CT molecular complexity index is 271. The molecular formula is C15H31N3O. The second-order valence-electron chi connectivity index (χ2n) is 6.30. The second kappa shape index (κ2) is 7.85. The van der Waals surface area contributed by atoms with E-state index in [0.717, 1.165) is 39.3 Å². The van der Waals surface area contributed by atoms with Crippen molar-refractivity contribution < 1.29 is 4.79 Å². The summed E-state index contributed by atoms with van der Waals surface area (Å²) in [6, 6.07) is 0.647. The first-order valence-corrected chi connectivity index (χ1v) is 7.66. The fourth-order valence-electron chi connectivity index (χ4n) is 2.30. The zero-order valence-electron chi connectivity index (χ0n) is 13.3. The Morgan fingerprint density at radius 3 is 2.11 bits per heavy atom. The number of carbonyl (C=O) groups excluding carboxylic acids is 1. The van der Waals surface area contributed by atoms with E-state index >= 15 is 0 Å². The smallest absolute Gasteiger partial charge is 0.223 e. The molecule has 1 amide bonds. The first-order chi connectivity index (χ1) is 8.91. The Hall–Kier alpha value is -0.610. The summed E-state index contributed by atoms with van der Waals surface area (Å²) in [4.78, 5) is 16.8. The maximum Gasteiger partial charge on any atom is 0.223 e. The van der Waals surface area contributed by atoms with Gasteiger partial charge in [0.2, 0.25) is 5.91 Å². The third-order valence-electron chi connectivity index (χ3n) is 4.28. The van der Waals surface area contributed by atoms with Gasteiger partial charge in [-0.3, -0.25) is 14.6 Å². The molecule has 4 heteroatoms. The van der Waals surface area contributed by atoms with Crippen LogP contribution in [0.3, 0.4) is 0 Å². The molecule has 0 aliphatic carbocycles. The predicted molar refractivity (Wildman–Crippen MR) is 80.2 cm³/mol. The summed E-state index contributed by atoms with van der Waals surface area (Å²) in [6.07, 6.45) is 0. The number of hydrogen-bond acceptors (Lipinski definition) is 3. The molecule has 112 valence electrons. The molecule has 0 aromatic carbocycles. The summed E-state index contributed by atoms with van der Waals surface area (Å²) in [6.45, 7) is 17.0. The summed E-state index contributed by atoms with van der Waals surface area (Å²) in [5.74, 6) is 0.711. The van der Waals surface area contributed by atoms with E-state index in [1.54, 1.807) is 0 Å². The van der Waals surface area contributed by atoms with Gasteiger partial charge in [-0.1, -0.05) is 20.8 Å². The zero-order chi connectivity index (χ0) is 14.4. The van der Waals surface area contributed by atoms with Crippen LogP contribution in [0.15, 0.2) is 0 Å². The first kappa shape index (κ1) is 16.4. The van der Waals surface area contributed by atoms with Crippen molar-refractivity contribution in [1.82, 2.24) is 15.1 Å². The van der Waals surface area contributed by atoms with Crippen LogP contribution in [0.2, 0.25) is 0 Å². The lowest BCUT2D eigenvalue weighted by Gasteiger charge is -2.36. The van der Waals surface area contributed by atoms with Crippen molar-refractivity contribution in [3.8, 4) is 0 Å². The molecule has 1 saturated heterocycles. The number of hydrogen-bond donors (Lipinski definition) is 1. The highest BCUT2D eigenvalue weighted by molar-refractivity contribution is 5.78. The van der Waals surface area contributed by atoms with E-state index in [2.05, 4.69) is 42.8 Å². The van der Waals surface area contributed by atoms with Crippen molar-refractivity contribution >= 4 is 5.91 Å². The van der Waals surface area contributed by atoms with E-state index in [4.69, 9.17) is 0 Å². The highest BCUT2D eigenvalue weighted by Gasteiger charge is 2.19. The minimum absolute atomic E-state index is 0.109. The standard InChI is InChI=1S/C15H31N3O/c1-12(2)14(5)15(19)16-6-7-17-8-10-18(11-9-17)13(3)4/h12-14H,6-11H2,1-5H3,(H,16,19). The van der Waals surface area contributed by atoms with Crippen LogP contribution in [0, 0.1) is 11.8 Å². The molecule has 1 N–H and O–H groups in total. The van der Waals surface area contributed by atoms with Crippen molar-refractivity contribution in [1.29, 1.82) is 0 Å². The van der Waals surface area contributed by atoms with Gasteiger partial charge in [0.05, 0.1) is 0 Å². The van der Waals surface area contributed by atoms with Crippen LogP contribution >= 0.6 is 0 Å².